The van der Waals surface area contributed by atoms with Crippen molar-refractivity contribution in [2.24, 2.45) is 11.8 Å². The fraction of sp³-hybridized carbons (Fsp3) is 0.538. The molecule has 3 N–H and O–H groups in total. The zero-order chi connectivity index (χ0) is 14.8. The Hall–Kier alpha value is -0.500. The molecular formula is C13H18BrFN2O2S. The number of sulfone groups is 1. The molecular weight excluding hydrogens is 347 g/mol. The first-order chi connectivity index (χ1) is 9.39. The van der Waals surface area contributed by atoms with Crippen molar-refractivity contribution in [3.63, 3.8) is 0 Å². The number of hydrogen-bond donors (Lipinski definition) is 2. The van der Waals surface area contributed by atoms with Gasteiger partial charge in [0.25, 0.3) is 0 Å². The maximum Gasteiger partial charge on any atom is 0.150 e. The summed E-state index contributed by atoms with van der Waals surface area (Å²) in [5, 5.41) is 0. The Morgan fingerprint density at radius 2 is 2.25 bits per heavy atom. The zero-order valence-corrected chi connectivity index (χ0v) is 13.4. The smallest absolute Gasteiger partial charge is 0.150 e. The van der Waals surface area contributed by atoms with Gasteiger partial charge in [0.1, 0.15) is 5.82 Å². The standard InChI is InChI=1S/C13H18BrFN2O2S/c14-12-7-9(1-2-13(12)15)5-11(17-16)6-10-3-4-20(18,19)8-10/h1-2,7,10-11,17H,3-6,8,16H2. The van der Waals surface area contributed by atoms with Gasteiger partial charge in [-0.15, -0.1) is 0 Å². The summed E-state index contributed by atoms with van der Waals surface area (Å²) in [6.45, 7) is 0. The molecule has 0 aliphatic carbocycles. The van der Waals surface area contributed by atoms with E-state index < -0.39 is 9.84 Å². The maximum atomic E-state index is 13.2. The molecule has 112 valence electrons. The third kappa shape index (κ3) is 4.25. The molecule has 0 aromatic heterocycles. The quantitative estimate of drug-likeness (QED) is 0.617. The molecule has 2 rings (SSSR count). The summed E-state index contributed by atoms with van der Waals surface area (Å²) < 4.78 is 36.5. The molecule has 1 fully saturated rings. The number of benzene rings is 1. The molecule has 1 aromatic carbocycles. The van der Waals surface area contributed by atoms with E-state index in [0.29, 0.717) is 23.7 Å². The van der Waals surface area contributed by atoms with Gasteiger partial charge in [-0.3, -0.25) is 11.3 Å². The van der Waals surface area contributed by atoms with Crippen LogP contribution in [0.1, 0.15) is 18.4 Å². The van der Waals surface area contributed by atoms with Crippen molar-refractivity contribution in [2.45, 2.75) is 25.3 Å². The Labute approximate surface area is 126 Å². The summed E-state index contributed by atoms with van der Waals surface area (Å²) in [4.78, 5) is 0. The van der Waals surface area contributed by atoms with Crippen molar-refractivity contribution >= 4 is 25.8 Å². The van der Waals surface area contributed by atoms with Crippen molar-refractivity contribution in [1.29, 1.82) is 0 Å². The normalized spacial score (nSPS) is 22.9. The van der Waals surface area contributed by atoms with Gasteiger partial charge >= 0.3 is 0 Å². The summed E-state index contributed by atoms with van der Waals surface area (Å²) in [6, 6.07) is 4.85. The predicted molar refractivity (Wildman–Crippen MR) is 80.3 cm³/mol. The highest BCUT2D eigenvalue weighted by atomic mass is 79.9. The van der Waals surface area contributed by atoms with E-state index in [-0.39, 0.29) is 29.3 Å². The van der Waals surface area contributed by atoms with E-state index in [4.69, 9.17) is 5.84 Å². The van der Waals surface area contributed by atoms with Crippen LogP contribution in [0.15, 0.2) is 22.7 Å². The highest BCUT2D eigenvalue weighted by Crippen LogP contribution is 2.24. The second-order valence-electron chi connectivity index (χ2n) is 5.32. The second kappa shape index (κ2) is 6.51. The van der Waals surface area contributed by atoms with Crippen LogP contribution in [0, 0.1) is 11.7 Å². The van der Waals surface area contributed by atoms with Crippen LogP contribution in [-0.2, 0) is 16.3 Å². The Bertz CT molecular complexity index is 580. The van der Waals surface area contributed by atoms with Gasteiger partial charge in [-0.25, -0.2) is 12.8 Å². The van der Waals surface area contributed by atoms with Crippen LogP contribution >= 0.6 is 15.9 Å². The summed E-state index contributed by atoms with van der Waals surface area (Å²) in [7, 11) is -2.86. The minimum atomic E-state index is -2.86. The first kappa shape index (κ1) is 15.9. The van der Waals surface area contributed by atoms with Crippen molar-refractivity contribution in [3.8, 4) is 0 Å². The summed E-state index contributed by atoms with van der Waals surface area (Å²) >= 11 is 3.16. The molecule has 0 saturated carbocycles. The number of halogens is 2. The lowest BCUT2D eigenvalue weighted by Gasteiger charge is -2.19. The Morgan fingerprint density at radius 3 is 2.80 bits per heavy atom. The van der Waals surface area contributed by atoms with E-state index in [2.05, 4.69) is 21.4 Å². The van der Waals surface area contributed by atoms with Crippen molar-refractivity contribution in [2.75, 3.05) is 11.5 Å². The van der Waals surface area contributed by atoms with Crippen LogP contribution in [0.2, 0.25) is 0 Å². The molecule has 20 heavy (non-hydrogen) atoms. The fourth-order valence-corrected chi connectivity index (χ4v) is 4.93. The van der Waals surface area contributed by atoms with Gasteiger partial charge in [-0.05, 0) is 58.8 Å². The lowest BCUT2D eigenvalue weighted by molar-refractivity contribution is 0.408. The Morgan fingerprint density at radius 1 is 1.50 bits per heavy atom. The lowest BCUT2D eigenvalue weighted by Crippen LogP contribution is -2.38. The highest BCUT2D eigenvalue weighted by Gasteiger charge is 2.29. The van der Waals surface area contributed by atoms with Gasteiger partial charge in [-0.2, -0.15) is 0 Å². The number of nitrogens with one attached hydrogen (secondary N) is 1. The lowest BCUT2D eigenvalue weighted by atomic mass is 9.95. The summed E-state index contributed by atoms with van der Waals surface area (Å²) in [5.41, 5.74) is 3.70. The van der Waals surface area contributed by atoms with Crippen LogP contribution in [0.5, 0.6) is 0 Å². The minimum absolute atomic E-state index is 0.00865. The van der Waals surface area contributed by atoms with E-state index in [1.165, 1.54) is 6.07 Å². The third-order valence-electron chi connectivity index (χ3n) is 3.65. The van der Waals surface area contributed by atoms with Crippen LogP contribution in [0.3, 0.4) is 0 Å². The van der Waals surface area contributed by atoms with Gasteiger partial charge in [0.05, 0.1) is 16.0 Å². The van der Waals surface area contributed by atoms with E-state index in [1.54, 1.807) is 12.1 Å². The zero-order valence-electron chi connectivity index (χ0n) is 11.0. The first-order valence-corrected chi connectivity index (χ1v) is 9.11. The molecule has 0 amide bonds. The van der Waals surface area contributed by atoms with Crippen LogP contribution in [0.4, 0.5) is 4.39 Å². The maximum absolute atomic E-state index is 13.2. The molecule has 2 atom stereocenters. The molecule has 4 nitrogen and oxygen atoms in total. The molecule has 0 bridgehead atoms. The number of nitrogens with two attached hydrogens (primary N) is 1. The minimum Gasteiger partial charge on any atom is -0.271 e. The van der Waals surface area contributed by atoms with Gasteiger partial charge in [-0.1, -0.05) is 6.07 Å². The fourth-order valence-electron chi connectivity index (χ4n) is 2.62. The largest absolute Gasteiger partial charge is 0.271 e. The topological polar surface area (TPSA) is 72.2 Å². The molecule has 2 unspecified atom stereocenters. The van der Waals surface area contributed by atoms with Crippen LogP contribution in [0.25, 0.3) is 0 Å². The van der Waals surface area contributed by atoms with E-state index >= 15 is 0 Å². The predicted octanol–water partition coefficient (Wildman–Crippen LogP) is 1.79. The van der Waals surface area contributed by atoms with E-state index in [9.17, 15) is 12.8 Å². The van der Waals surface area contributed by atoms with Crippen molar-refractivity contribution in [3.05, 3.63) is 34.1 Å². The van der Waals surface area contributed by atoms with Crippen LogP contribution in [-0.4, -0.2) is 26.0 Å². The molecule has 1 heterocycles. The molecule has 7 heteroatoms. The average molecular weight is 365 g/mol. The van der Waals surface area contributed by atoms with Crippen molar-refractivity contribution in [1.82, 2.24) is 5.43 Å². The van der Waals surface area contributed by atoms with Crippen LogP contribution < -0.4 is 11.3 Å². The van der Waals surface area contributed by atoms with E-state index in [1.807, 2.05) is 0 Å². The first-order valence-electron chi connectivity index (χ1n) is 6.50. The molecule has 1 aliphatic heterocycles. The Balaban J connectivity index is 1.97. The number of rotatable bonds is 5. The SMILES string of the molecule is NNC(Cc1ccc(F)c(Br)c1)CC1CCS(=O)(=O)C1. The van der Waals surface area contributed by atoms with Gasteiger partial charge < -0.3 is 0 Å². The molecule has 1 aliphatic rings. The molecule has 0 radical (unpaired) electrons. The monoisotopic (exact) mass is 364 g/mol. The average Bonchev–Trinajstić information content (AvgIpc) is 2.72. The molecule has 1 aromatic rings. The van der Waals surface area contributed by atoms with Gasteiger partial charge in [0, 0.05) is 6.04 Å². The number of hydrazine groups is 1. The highest BCUT2D eigenvalue weighted by molar-refractivity contribution is 9.10. The molecule has 1 saturated heterocycles. The van der Waals surface area contributed by atoms with Crippen molar-refractivity contribution < 1.29 is 12.8 Å². The summed E-state index contributed by atoms with van der Waals surface area (Å²) in [6.07, 6.45) is 2.06. The summed E-state index contributed by atoms with van der Waals surface area (Å²) in [5.74, 6) is 5.93. The van der Waals surface area contributed by atoms with Gasteiger partial charge in [0.2, 0.25) is 0 Å². The third-order valence-corrected chi connectivity index (χ3v) is 6.09. The van der Waals surface area contributed by atoms with E-state index in [0.717, 1.165) is 5.56 Å². The second-order valence-corrected chi connectivity index (χ2v) is 8.40. The van der Waals surface area contributed by atoms with Gasteiger partial charge in [0.15, 0.2) is 9.84 Å². The molecule has 0 spiro atoms. The Kier molecular flexibility index (Phi) is 5.17. The number of hydrogen-bond acceptors (Lipinski definition) is 4.